The van der Waals surface area contributed by atoms with E-state index in [-0.39, 0.29) is 5.57 Å². The number of hydrogen-bond donors (Lipinski definition) is 0. The average Bonchev–Trinajstić information content (AvgIpc) is 2.14. The summed E-state index contributed by atoms with van der Waals surface area (Å²) >= 11 is 0. The summed E-state index contributed by atoms with van der Waals surface area (Å²) in [5.41, 5.74) is 0.268. The maximum absolute atomic E-state index is 11.2. The highest BCUT2D eigenvalue weighted by Crippen LogP contribution is 2.00. The fourth-order valence-electron chi connectivity index (χ4n) is 0.842. The largest absolute Gasteiger partial charge is 0.466 e. The van der Waals surface area contributed by atoms with Crippen LogP contribution in [0.2, 0.25) is 0 Å². The van der Waals surface area contributed by atoms with Crippen LogP contribution in [0.15, 0.2) is 11.6 Å². The molecule has 0 heterocycles. The van der Waals surface area contributed by atoms with Gasteiger partial charge in [-0.2, -0.15) is 0 Å². The van der Waals surface area contributed by atoms with Crippen molar-refractivity contribution in [3.63, 3.8) is 0 Å². The second kappa shape index (κ2) is 6.15. The molecular formula is C9H15NO4. The minimum Gasteiger partial charge on any atom is -0.466 e. The van der Waals surface area contributed by atoms with Gasteiger partial charge >= 0.3 is 11.9 Å². The van der Waals surface area contributed by atoms with E-state index in [1.54, 1.807) is 19.0 Å². The molecule has 0 fully saturated rings. The quantitative estimate of drug-likeness (QED) is 0.466. The van der Waals surface area contributed by atoms with Crippen molar-refractivity contribution >= 4 is 11.9 Å². The van der Waals surface area contributed by atoms with Gasteiger partial charge in [0.1, 0.15) is 0 Å². The SMILES string of the molecule is COC(=O)/C=C(/CN(C)C)C(=O)OC. The number of methoxy groups -OCH3 is 2. The number of likely N-dealkylation sites (N-methyl/N-ethyl adjacent to an activating group) is 1. The molecular weight excluding hydrogens is 186 g/mol. The van der Waals surface area contributed by atoms with Crippen molar-refractivity contribution < 1.29 is 19.1 Å². The van der Waals surface area contributed by atoms with Crippen LogP contribution < -0.4 is 0 Å². The number of hydrogen-bond acceptors (Lipinski definition) is 5. The van der Waals surface area contributed by atoms with Crippen molar-refractivity contribution in [2.45, 2.75) is 0 Å². The molecule has 0 unspecified atom stereocenters. The third-order valence-corrected chi connectivity index (χ3v) is 1.43. The van der Waals surface area contributed by atoms with Gasteiger partial charge in [0, 0.05) is 12.6 Å². The summed E-state index contributed by atoms with van der Waals surface area (Å²) in [6.45, 7) is 0.335. The van der Waals surface area contributed by atoms with Crippen molar-refractivity contribution in [3.8, 4) is 0 Å². The fraction of sp³-hybridized carbons (Fsp3) is 0.556. The maximum Gasteiger partial charge on any atom is 0.335 e. The van der Waals surface area contributed by atoms with Gasteiger partial charge in [-0.25, -0.2) is 9.59 Å². The third-order valence-electron chi connectivity index (χ3n) is 1.43. The predicted molar refractivity (Wildman–Crippen MR) is 50.7 cm³/mol. The van der Waals surface area contributed by atoms with Crippen LogP contribution in [-0.2, 0) is 19.1 Å². The Labute approximate surface area is 83.3 Å². The van der Waals surface area contributed by atoms with Gasteiger partial charge in [-0.3, -0.25) is 0 Å². The second-order valence-corrected chi connectivity index (χ2v) is 2.92. The lowest BCUT2D eigenvalue weighted by Crippen LogP contribution is -2.21. The zero-order valence-corrected chi connectivity index (χ0v) is 8.86. The molecule has 80 valence electrons. The summed E-state index contributed by atoms with van der Waals surface area (Å²) in [6.07, 6.45) is 1.13. The molecule has 0 aromatic carbocycles. The molecule has 14 heavy (non-hydrogen) atoms. The first-order chi connectivity index (χ1) is 6.51. The van der Waals surface area contributed by atoms with Crippen molar-refractivity contribution in [2.24, 2.45) is 0 Å². The number of esters is 2. The van der Waals surface area contributed by atoms with Crippen molar-refractivity contribution in [3.05, 3.63) is 11.6 Å². The highest BCUT2D eigenvalue weighted by Gasteiger charge is 2.12. The van der Waals surface area contributed by atoms with E-state index in [4.69, 9.17) is 0 Å². The van der Waals surface area contributed by atoms with Gasteiger partial charge in [0.15, 0.2) is 0 Å². The molecule has 0 amide bonds. The smallest absolute Gasteiger partial charge is 0.335 e. The summed E-state index contributed by atoms with van der Waals surface area (Å²) in [5.74, 6) is -1.09. The molecule has 0 saturated carbocycles. The van der Waals surface area contributed by atoms with E-state index in [0.717, 1.165) is 6.08 Å². The van der Waals surface area contributed by atoms with E-state index in [9.17, 15) is 9.59 Å². The fourth-order valence-corrected chi connectivity index (χ4v) is 0.842. The van der Waals surface area contributed by atoms with Crippen LogP contribution in [-0.4, -0.2) is 51.7 Å². The average molecular weight is 201 g/mol. The molecule has 5 heteroatoms. The zero-order valence-electron chi connectivity index (χ0n) is 8.86. The first kappa shape index (κ1) is 12.6. The number of nitrogens with zero attached hydrogens (tertiary/aromatic N) is 1. The van der Waals surface area contributed by atoms with Gasteiger partial charge in [-0.05, 0) is 14.1 Å². The van der Waals surface area contributed by atoms with Gasteiger partial charge in [0.05, 0.1) is 19.8 Å². The third kappa shape index (κ3) is 4.61. The second-order valence-electron chi connectivity index (χ2n) is 2.92. The van der Waals surface area contributed by atoms with Crippen LogP contribution in [0.1, 0.15) is 0 Å². The molecule has 0 aromatic heterocycles. The first-order valence-corrected chi connectivity index (χ1v) is 4.02. The summed E-state index contributed by atoms with van der Waals surface area (Å²) in [4.78, 5) is 23.8. The van der Waals surface area contributed by atoms with E-state index in [1.807, 2.05) is 0 Å². The van der Waals surface area contributed by atoms with Crippen LogP contribution in [0.4, 0.5) is 0 Å². The van der Waals surface area contributed by atoms with Crippen LogP contribution in [0.5, 0.6) is 0 Å². The van der Waals surface area contributed by atoms with Crippen LogP contribution >= 0.6 is 0 Å². The number of ether oxygens (including phenoxy) is 2. The Morgan fingerprint density at radius 2 is 1.79 bits per heavy atom. The lowest BCUT2D eigenvalue weighted by Gasteiger charge is -2.10. The van der Waals surface area contributed by atoms with Gasteiger partial charge in [-0.1, -0.05) is 0 Å². The molecule has 0 saturated heterocycles. The molecule has 0 spiro atoms. The molecule has 0 bridgehead atoms. The summed E-state index contributed by atoms with van der Waals surface area (Å²) < 4.78 is 8.93. The first-order valence-electron chi connectivity index (χ1n) is 4.02. The van der Waals surface area contributed by atoms with E-state index in [0.29, 0.717) is 6.54 Å². The van der Waals surface area contributed by atoms with E-state index < -0.39 is 11.9 Å². The minimum absolute atomic E-state index is 0.268. The Balaban J connectivity index is 4.62. The summed E-state index contributed by atoms with van der Waals surface area (Å²) in [6, 6.07) is 0. The number of carbonyl (C=O) groups is 2. The van der Waals surface area contributed by atoms with Gasteiger partial charge in [-0.15, -0.1) is 0 Å². The standard InChI is InChI=1S/C9H15NO4/c1-10(2)6-7(9(12)14-4)5-8(11)13-3/h5H,6H2,1-4H3/b7-5-. The van der Waals surface area contributed by atoms with Crippen molar-refractivity contribution in [1.29, 1.82) is 0 Å². The van der Waals surface area contributed by atoms with Gasteiger partial charge < -0.3 is 14.4 Å². The lowest BCUT2D eigenvalue weighted by atomic mass is 10.2. The number of carbonyl (C=O) groups excluding carboxylic acids is 2. The highest BCUT2D eigenvalue weighted by molar-refractivity contribution is 5.96. The van der Waals surface area contributed by atoms with Crippen LogP contribution in [0.3, 0.4) is 0 Å². The topological polar surface area (TPSA) is 55.8 Å². The molecule has 5 nitrogen and oxygen atoms in total. The Morgan fingerprint density at radius 3 is 2.14 bits per heavy atom. The zero-order chi connectivity index (χ0) is 11.1. The number of rotatable bonds is 4. The van der Waals surface area contributed by atoms with E-state index >= 15 is 0 Å². The highest BCUT2D eigenvalue weighted by atomic mass is 16.5. The van der Waals surface area contributed by atoms with Crippen molar-refractivity contribution in [2.75, 3.05) is 34.9 Å². The molecule has 0 aliphatic heterocycles. The Bertz CT molecular complexity index is 245. The van der Waals surface area contributed by atoms with Gasteiger partial charge in [0.2, 0.25) is 0 Å². The maximum atomic E-state index is 11.2. The molecule has 0 radical (unpaired) electrons. The Kier molecular flexibility index (Phi) is 5.55. The van der Waals surface area contributed by atoms with Crippen LogP contribution in [0.25, 0.3) is 0 Å². The normalized spacial score (nSPS) is 11.4. The molecule has 0 aromatic rings. The molecule has 0 atom stereocenters. The van der Waals surface area contributed by atoms with E-state index in [2.05, 4.69) is 9.47 Å². The lowest BCUT2D eigenvalue weighted by molar-refractivity contribution is -0.138. The predicted octanol–water partition coefficient (Wildman–Crippen LogP) is -0.180. The Hall–Kier alpha value is -1.36. The minimum atomic E-state index is -0.563. The molecule has 0 aliphatic rings. The Morgan fingerprint density at radius 1 is 1.21 bits per heavy atom. The van der Waals surface area contributed by atoms with Crippen molar-refractivity contribution in [1.82, 2.24) is 4.90 Å². The summed E-state index contributed by atoms with van der Waals surface area (Å²) in [5, 5.41) is 0. The monoisotopic (exact) mass is 201 g/mol. The van der Waals surface area contributed by atoms with Crippen LogP contribution in [0, 0.1) is 0 Å². The molecule has 0 rings (SSSR count). The summed E-state index contributed by atoms with van der Waals surface area (Å²) in [7, 11) is 6.09. The van der Waals surface area contributed by atoms with E-state index in [1.165, 1.54) is 14.2 Å². The molecule has 0 aliphatic carbocycles. The van der Waals surface area contributed by atoms with Gasteiger partial charge in [0.25, 0.3) is 0 Å². The molecule has 0 N–H and O–H groups in total.